The molecule has 0 atom stereocenters. The van der Waals surface area contributed by atoms with Gasteiger partial charge in [0.2, 0.25) is 5.91 Å². The fourth-order valence-corrected chi connectivity index (χ4v) is 1.51. The first kappa shape index (κ1) is 18.4. The number of methoxy groups -OCH3 is 1. The Morgan fingerprint density at radius 1 is 1.26 bits per heavy atom. The molecule has 1 aromatic rings. The first-order chi connectivity index (χ1) is 10.7. The predicted octanol–water partition coefficient (Wildman–Crippen LogP) is 1.78. The minimum absolute atomic E-state index is 0.0430. The lowest BCUT2D eigenvalue weighted by Gasteiger charge is -2.12. The molecule has 7 nitrogen and oxygen atoms in total. The summed E-state index contributed by atoms with van der Waals surface area (Å²) in [6, 6.07) is 1.40. The fourth-order valence-electron chi connectivity index (χ4n) is 1.51. The van der Waals surface area contributed by atoms with Crippen molar-refractivity contribution in [3.63, 3.8) is 0 Å². The predicted molar refractivity (Wildman–Crippen MR) is 70.5 cm³/mol. The quantitative estimate of drug-likeness (QED) is 0.651. The SMILES string of the molecule is CCOC(=O)CC(=O)Nc1nc(C(F)(F)F)ccc1C(=O)OC. The number of pyridine rings is 1. The van der Waals surface area contributed by atoms with Gasteiger partial charge in [0, 0.05) is 0 Å². The van der Waals surface area contributed by atoms with Crippen LogP contribution in [0.15, 0.2) is 12.1 Å². The van der Waals surface area contributed by atoms with E-state index in [1.54, 1.807) is 0 Å². The van der Waals surface area contributed by atoms with E-state index in [-0.39, 0.29) is 12.2 Å². The molecule has 1 amide bonds. The average molecular weight is 334 g/mol. The van der Waals surface area contributed by atoms with Crippen LogP contribution in [-0.2, 0) is 25.2 Å². The summed E-state index contributed by atoms with van der Waals surface area (Å²) < 4.78 is 46.9. The number of esters is 2. The number of anilines is 1. The van der Waals surface area contributed by atoms with E-state index in [0.717, 1.165) is 13.2 Å². The molecule has 0 spiro atoms. The van der Waals surface area contributed by atoms with Crippen LogP contribution in [0.1, 0.15) is 29.4 Å². The van der Waals surface area contributed by atoms with Gasteiger partial charge >= 0.3 is 18.1 Å². The van der Waals surface area contributed by atoms with Gasteiger partial charge in [-0.3, -0.25) is 9.59 Å². The maximum atomic E-state index is 12.7. The molecule has 1 rings (SSSR count). The Labute approximate surface area is 128 Å². The molecule has 0 aliphatic heterocycles. The summed E-state index contributed by atoms with van der Waals surface area (Å²) in [5.74, 6) is -3.48. The number of nitrogens with zero attached hydrogens (tertiary/aromatic N) is 1. The van der Waals surface area contributed by atoms with Crippen LogP contribution >= 0.6 is 0 Å². The van der Waals surface area contributed by atoms with E-state index < -0.39 is 42.0 Å². The number of carbonyl (C=O) groups is 3. The third kappa shape index (κ3) is 5.24. The Balaban J connectivity index is 3.07. The third-order valence-corrected chi connectivity index (χ3v) is 2.46. The van der Waals surface area contributed by atoms with E-state index in [0.29, 0.717) is 6.07 Å². The summed E-state index contributed by atoms with van der Waals surface area (Å²) in [5.41, 5.74) is -1.69. The van der Waals surface area contributed by atoms with Crippen molar-refractivity contribution in [2.24, 2.45) is 0 Å². The monoisotopic (exact) mass is 334 g/mol. The number of rotatable bonds is 5. The molecule has 0 saturated carbocycles. The highest BCUT2D eigenvalue weighted by Gasteiger charge is 2.34. The van der Waals surface area contributed by atoms with Crippen LogP contribution in [0, 0.1) is 0 Å². The summed E-state index contributed by atoms with van der Waals surface area (Å²) in [6.45, 7) is 1.57. The Morgan fingerprint density at radius 3 is 2.43 bits per heavy atom. The van der Waals surface area contributed by atoms with Crippen molar-refractivity contribution in [3.8, 4) is 0 Å². The molecule has 0 saturated heterocycles. The van der Waals surface area contributed by atoms with Crippen molar-refractivity contribution < 1.29 is 37.0 Å². The topological polar surface area (TPSA) is 94.6 Å². The molecule has 1 N–H and O–H groups in total. The van der Waals surface area contributed by atoms with E-state index in [4.69, 9.17) is 0 Å². The van der Waals surface area contributed by atoms with Crippen molar-refractivity contribution >= 4 is 23.7 Å². The molecular weight excluding hydrogens is 321 g/mol. The molecule has 0 radical (unpaired) electrons. The first-order valence-corrected chi connectivity index (χ1v) is 6.31. The minimum Gasteiger partial charge on any atom is -0.466 e. The van der Waals surface area contributed by atoms with Crippen molar-refractivity contribution in [3.05, 3.63) is 23.4 Å². The average Bonchev–Trinajstić information content (AvgIpc) is 2.45. The van der Waals surface area contributed by atoms with Gasteiger partial charge in [0.05, 0.1) is 13.7 Å². The number of alkyl halides is 3. The fraction of sp³-hybridized carbons (Fsp3) is 0.385. The summed E-state index contributed by atoms with van der Waals surface area (Å²) in [6.07, 6.45) is -5.50. The molecule has 23 heavy (non-hydrogen) atoms. The van der Waals surface area contributed by atoms with Crippen molar-refractivity contribution in [2.75, 3.05) is 19.0 Å². The van der Waals surface area contributed by atoms with E-state index in [2.05, 4.69) is 14.5 Å². The van der Waals surface area contributed by atoms with Gasteiger partial charge in [-0.25, -0.2) is 9.78 Å². The Bertz CT molecular complexity index is 616. The Kier molecular flexibility index (Phi) is 6.05. The highest BCUT2D eigenvalue weighted by molar-refractivity contribution is 6.05. The number of amides is 1. The minimum atomic E-state index is -4.77. The second-order valence-electron chi connectivity index (χ2n) is 4.11. The molecule has 0 unspecified atom stereocenters. The molecule has 0 bridgehead atoms. The molecule has 10 heteroatoms. The van der Waals surface area contributed by atoms with Crippen molar-refractivity contribution in [2.45, 2.75) is 19.5 Å². The maximum Gasteiger partial charge on any atom is 0.433 e. The maximum absolute atomic E-state index is 12.7. The van der Waals surface area contributed by atoms with Gasteiger partial charge in [-0.15, -0.1) is 0 Å². The van der Waals surface area contributed by atoms with Crippen molar-refractivity contribution in [1.82, 2.24) is 4.98 Å². The van der Waals surface area contributed by atoms with Crippen molar-refractivity contribution in [1.29, 1.82) is 0 Å². The second-order valence-corrected chi connectivity index (χ2v) is 4.11. The zero-order valence-corrected chi connectivity index (χ0v) is 12.2. The van der Waals surface area contributed by atoms with Gasteiger partial charge in [-0.2, -0.15) is 13.2 Å². The summed E-state index contributed by atoms with van der Waals surface area (Å²) in [4.78, 5) is 37.5. The normalized spacial score (nSPS) is 10.8. The molecule has 0 fully saturated rings. The van der Waals surface area contributed by atoms with Crippen LogP contribution in [0.3, 0.4) is 0 Å². The third-order valence-electron chi connectivity index (χ3n) is 2.46. The van der Waals surface area contributed by atoms with E-state index in [1.165, 1.54) is 6.92 Å². The van der Waals surface area contributed by atoms with Gasteiger partial charge in [0.1, 0.15) is 23.5 Å². The van der Waals surface area contributed by atoms with Crippen LogP contribution < -0.4 is 5.32 Å². The first-order valence-electron chi connectivity index (χ1n) is 6.31. The van der Waals surface area contributed by atoms with E-state index in [1.807, 2.05) is 5.32 Å². The Morgan fingerprint density at radius 2 is 1.91 bits per heavy atom. The van der Waals surface area contributed by atoms with Crippen LogP contribution in [0.25, 0.3) is 0 Å². The summed E-state index contributed by atoms with van der Waals surface area (Å²) >= 11 is 0. The zero-order valence-electron chi connectivity index (χ0n) is 12.2. The summed E-state index contributed by atoms with van der Waals surface area (Å²) in [5, 5.41) is 1.98. The number of hydrogen-bond donors (Lipinski definition) is 1. The standard InChI is InChI=1S/C13H13F3N2O5/c1-3-23-10(20)6-9(19)18-11-7(12(21)22-2)4-5-8(17-11)13(14,15)16/h4-5H,3,6H2,1-2H3,(H,17,18,19). The van der Waals surface area contributed by atoms with Crippen LogP contribution in [-0.4, -0.2) is 36.5 Å². The largest absolute Gasteiger partial charge is 0.466 e. The molecule has 1 aromatic heterocycles. The summed E-state index contributed by atoms with van der Waals surface area (Å²) in [7, 11) is 1.02. The number of hydrogen-bond acceptors (Lipinski definition) is 6. The molecule has 0 aliphatic rings. The van der Waals surface area contributed by atoms with Crippen LogP contribution in [0.4, 0.5) is 19.0 Å². The zero-order chi connectivity index (χ0) is 17.6. The number of nitrogens with one attached hydrogen (secondary N) is 1. The Hall–Kier alpha value is -2.65. The highest BCUT2D eigenvalue weighted by Crippen LogP contribution is 2.29. The molecule has 0 aromatic carbocycles. The van der Waals surface area contributed by atoms with Crippen LogP contribution in [0.5, 0.6) is 0 Å². The van der Waals surface area contributed by atoms with E-state index >= 15 is 0 Å². The number of aromatic nitrogens is 1. The van der Waals surface area contributed by atoms with E-state index in [9.17, 15) is 27.6 Å². The highest BCUT2D eigenvalue weighted by atomic mass is 19.4. The number of halogens is 3. The van der Waals surface area contributed by atoms with Crippen LogP contribution in [0.2, 0.25) is 0 Å². The van der Waals surface area contributed by atoms with Gasteiger partial charge in [-0.05, 0) is 19.1 Å². The number of ether oxygens (including phenoxy) is 2. The lowest BCUT2D eigenvalue weighted by atomic mass is 10.2. The lowest BCUT2D eigenvalue weighted by Crippen LogP contribution is -2.22. The molecular formula is C13H13F3N2O5. The van der Waals surface area contributed by atoms with Gasteiger partial charge in [0.15, 0.2) is 0 Å². The molecule has 1 heterocycles. The molecule has 0 aliphatic carbocycles. The van der Waals surface area contributed by atoms with Gasteiger partial charge < -0.3 is 14.8 Å². The second kappa shape index (κ2) is 7.56. The number of carbonyl (C=O) groups excluding carboxylic acids is 3. The van der Waals surface area contributed by atoms with Gasteiger partial charge in [0.25, 0.3) is 0 Å². The smallest absolute Gasteiger partial charge is 0.433 e. The lowest BCUT2D eigenvalue weighted by molar-refractivity contribution is -0.145. The molecule has 126 valence electrons. The van der Waals surface area contributed by atoms with Gasteiger partial charge in [-0.1, -0.05) is 0 Å².